The largest absolute Gasteiger partial charge is 0.490 e. The van der Waals surface area contributed by atoms with Crippen molar-refractivity contribution < 1.29 is 24.0 Å². The van der Waals surface area contributed by atoms with E-state index in [-0.39, 0.29) is 34.9 Å². The maximum atomic E-state index is 12.4. The van der Waals surface area contributed by atoms with Gasteiger partial charge in [-0.3, -0.25) is 14.9 Å². The number of nitro benzene ring substituents is 1. The molecule has 0 aliphatic rings. The highest BCUT2D eigenvalue weighted by molar-refractivity contribution is 6.08. The third-order valence-corrected chi connectivity index (χ3v) is 3.31. The Bertz CT molecular complexity index is 819. The first-order valence-electron chi connectivity index (χ1n) is 7.37. The molecule has 0 bridgehead atoms. The van der Waals surface area contributed by atoms with Crippen LogP contribution in [0.1, 0.15) is 27.6 Å². The molecule has 8 heteroatoms. The summed E-state index contributed by atoms with van der Waals surface area (Å²) in [6.07, 6.45) is 0. The Balaban J connectivity index is 2.31. The number of nitrogens with one attached hydrogen (secondary N) is 1. The lowest BCUT2D eigenvalue weighted by Crippen LogP contribution is -2.16. The summed E-state index contributed by atoms with van der Waals surface area (Å²) >= 11 is 0. The van der Waals surface area contributed by atoms with E-state index < -0.39 is 16.8 Å². The van der Waals surface area contributed by atoms with Crippen LogP contribution >= 0.6 is 0 Å². The second-order valence-electron chi connectivity index (χ2n) is 4.86. The number of benzene rings is 2. The lowest BCUT2D eigenvalue weighted by molar-refractivity contribution is -0.385. The summed E-state index contributed by atoms with van der Waals surface area (Å²) < 4.78 is 9.84. The van der Waals surface area contributed by atoms with Crippen LogP contribution < -0.4 is 10.1 Å². The number of ether oxygens (including phenoxy) is 2. The van der Waals surface area contributed by atoms with Crippen molar-refractivity contribution in [2.75, 3.05) is 19.0 Å². The highest BCUT2D eigenvalue weighted by atomic mass is 16.6. The predicted octanol–water partition coefficient (Wildman–Crippen LogP) is 3.03. The molecular weight excluding hydrogens is 328 g/mol. The van der Waals surface area contributed by atoms with Crippen molar-refractivity contribution in [3.8, 4) is 5.75 Å². The molecule has 1 N–H and O–H groups in total. The number of para-hydroxylation sites is 1. The first-order chi connectivity index (χ1) is 12.0. The van der Waals surface area contributed by atoms with Gasteiger partial charge >= 0.3 is 11.7 Å². The number of amides is 1. The number of methoxy groups -OCH3 is 1. The van der Waals surface area contributed by atoms with Crippen LogP contribution in [0.5, 0.6) is 5.75 Å². The third-order valence-electron chi connectivity index (χ3n) is 3.31. The zero-order valence-electron chi connectivity index (χ0n) is 13.6. The Labute approximate surface area is 143 Å². The van der Waals surface area contributed by atoms with Crippen LogP contribution in [0.2, 0.25) is 0 Å². The smallest absolute Gasteiger partial charge is 0.340 e. The van der Waals surface area contributed by atoms with Gasteiger partial charge in [-0.2, -0.15) is 0 Å². The average molecular weight is 344 g/mol. The topological polar surface area (TPSA) is 108 Å². The molecule has 130 valence electrons. The zero-order valence-corrected chi connectivity index (χ0v) is 13.6. The molecule has 0 saturated carbocycles. The second-order valence-corrected chi connectivity index (χ2v) is 4.86. The molecule has 0 saturated heterocycles. The van der Waals surface area contributed by atoms with E-state index in [4.69, 9.17) is 9.47 Å². The van der Waals surface area contributed by atoms with Crippen LogP contribution in [0.4, 0.5) is 11.4 Å². The average Bonchev–Trinajstić information content (AvgIpc) is 2.61. The molecule has 2 aromatic carbocycles. The fourth-order valence-electron chi connectivity index (χ4n) is 2.15. The molecule has 0 aliphatic carbocycles. The Morgan fingerprint density at radius 1 is 1.20 bits per heavy atom. The van der Waals surface area contributed by atoms with E-state index in [1.54, 1.807) is 25.1 Å². The maximum absolute atomic E-state index is 12.4. The number of rotatable bonds is 6. The summed E-state index contributed by atoms with van der Waals surface area (Å²) in [4.78, 5) is 34.8. The Kier molecular flexibility index (Phi) is 5.67. The van der Waals surface area contributed by atoms with Crippen LogP contribution in [0.15, 0.2) is 42.5 Å². The maximum Gasteiger partial charge on any atom is 0.340 e. The van der Waals surface area contributed by atoms with Crippen molar-refractivity contribution in [2.24, 2.45) is 0 Å². The number of hydrogen-bond donors (Lipinski definition) is 1. The molecular formula is C17H16N2O6. The Hall–Kier alpha value is -3.42. The van der Waals surface area contributed by atoms with Gasteiger partial charge in [-0.1, -0.05) is 12.1 Å². The van der Waals surface area contributed by atoms with Gasteiger partial charge in [-0.25, -0.2) is 4.79 Å². The highest BCUT2D eigenvalue weighted by Crippen LogP contribution is 2.28. The second kappa shape index (κ2) is 7.91. The van der Waals surface area contributed by atoms with E-state index in [1.807, 2.05) is 0 Å². The lowest BCUT2D eigenvalue weighted by atomic mass is 10.1. The molecule has 1 amide bonds. The minimum atomic E-state index is -0.637. The zero-order chi connectivity index (χ0) is 18.4. The third kappa shape index (κ3) is 4.11. The molecule has 2 rings (SSSR count). The van der Waals surface area contributed by atoms with Gasteiger partial charge in [-0.05, 0) is 31.2 Å². The molecule has 0 aliphatic heterocycles. The molecule has 0 radical (unpaired) electrons. The van der Waals surface area contributed by atoms with E-state index in [1.165, 1.54) is 25.3 Å². The van der Waals surface area contributed by atoms with Crippen LogP contribution in [-0.2, 0) is 4.74 Å². The number of nitrogens with zero attached hydrogens (tertiary/aromatic N) is 1. The van der Waals surface area contributed by atoms with E-state index in [9.17, 15) is 19.7 Å². The number of nitro groups is 1. The van der Waals surface area contributed by atoms with Crippen LogP contribution in [-0.4, -0.2) is 30.5 Å². The molecule has 8 nitrogen and oxygen atoms in total. The normalized spacial score (nSPS) is 10.0. The van der Waals surface area contributed by atoms with Crippen LogP contribution in [0, 0.1) is 10.1 Å². The van der Waals surface area contributed by atoms with E-state index in [0.717, 1.165) is 6.07 Å². The predicted molar refractivity (Wildman–Crippen MR) is 90.0 cm³/mol. The van der Waals surface area contributed by atoms with Crippen molar-refractivity contribution in [1.82, 2.24) is 0 Å². The van der Waals surface area contributed by atoms with Gasteiger partial charge < -0.3 is 14.8 Å². The minimum Gasteiger partial charge on any atom is -0.490 e. The summed E-state index contributed by atoms with van der Waals surface area (Å²) in [6, 6.07) is 10.2. The molecule has 0 atom stereocenters. The molecule has 0 spiro atoms. The summed E-state index contributed by atoms with van der Waals surface area (Å²) in [7, 11) is 1.30. The molecule has 0 unspecified atom stereocenters. The summed E-state index contributed by atoms with van der Waals surface area (Å²) in [5.74, 6) is -1.12. The number of anilines is 1. The fraction of sp³-hybridized carbons (Fsp3) is 0.176. The molecule has 0 fully saturated rings. The van der Waals surface area contributed by atoms with E-state index >= 15 is 0 Å². The van der Waals surface area contributed by atoms with E-state index in [0.29, 0.717) is 0 Å². The van der Waals surface area contributed by atoms with Gasteiger partial charge in [0, 0.05) is 11.6 Å². The number of esters is 1. The first kappa shape index (κ1) is 17.9. The van der Waals surface area contributed by atoms with Crippen molar-refractivity contribution in [3.05, 3.63) is 63.7 Å². The summed E-state index contributed by atoms with van der Waals surface area (Å²) in [5, 5.41) is 13.6. The summed E-state index contributed by atoms with van der Waals surface area (Å²) in [5.41, 5.74) is 0.185. The standard InChI is InChI=1S/C17H16N2O6/c1-3-25-17(21)12-6-4-5-7-13(12)18-16(20)11-8-9-15(24-2)14(10-11)19(22)23/h4-10H,3H2,1-2H3,(H,18,20). The van der Waals surface area contributed by atoms with Crippen LogP contribution in [0.3, 0.4) is 0 Å². The van der Waals surface area contributed by atoms with Crippen molar-refractivity contribution in [3.63, 3.8) is 0 Å². The molecule has 0 heterocycles. The van der Waals surface area contributed by atoms with Gasteiger partial charge in [0.1, 0.15) is 0 Å². The van der Waals surface area contributed by atoms with Gasteiger partial charge in [0.25, 0.3) is 5.91 Å². The van der Waals surface area contributed by atoms with Gasteiger partial charge in [-0.15, -0.1) is 0 Å². The molecule has 2 aromatic rings. The number of carbonyl (C=O) groups is 2. The minimum absolute atomic E-state index is 0.0495. The Morgan fingerprint density at radius 3 is 2.56 bits per heavy atom. The summed E-state index contributed by atoms with van der Waals surface area (Å²) in [6.45, 7) is 1.88. The monoisotopic (exact) mass is 344 g/mol. The lowest BCUT2D eigenvalue weighted by Gasteiger charge is -2.10. The molecule has 25 heavy (non-hydrogen) atoms. The van der Waals surface area contributed by atoms with Gasteiger partial charge in [0.05, 0.1) is 29.9 Å². The van der Waals surface area contributed by atoms with Crippen molar-refractivity contribution >= 4 is 23.3 Å². The number of hydrogen-bond acceptors (Lipinski definition) is 6. The Morgan fingerprint density at radius 2 is 1.92 bits per heavy atom. The highest BCUT2D eigenvalue weighted by Gasteiger charge is 2.20. The molecule has 0 aromatic heterocycles. The van der Waals surface area contributed by atoms with Gasteiger partial charge in [0.15, 0.2) is 5.75 Å². The SMILES string of the molecule is CCOC(=O)c1ccccc1NC(=O)c1ccc(OC)c([N+](=O)[O-])c1. The van der Waals surface area contributed by atoms with Crippen molar-refractivity contribution in [1.29, 1.82) is 0 Å². The van der Waals surface area contributed by atoms with Crippen molar-refractivity contribution in [2.45, 2.75) is 6.92 Å². The number of carbonyl (C=O) groups excluding carboxylic acids is 2. The van der Waals surface area contributed by atoms with Gasteiger partial charge in [0.2, 0.25) is 0 Å². The quantitative estimate of drug-likeness (QED) is 0.490. The fourth-order valence-corrected chi connectivity index (χ4v) is 2.15. The van der Waals surface area contributed by atoms with Crippen LogP contribution in [0.25, 0.3) is 0 Å². The van der Waals surface area contributed by atoms with E-state index in [2.05, 4.69) is 5.32 Å². The first-order valence-corrected chi connectivity index (χ1v) is 7.37.